The van der Waals surface area contributed by atoms with Crippen molar-refractivity contribution in [3.63, 3.8) is 0 Å². The lowest BCUT2D eigenvalue weighted by molar-refractivity contribution is 0.144. The summed E-state index contributed by atoms with van der Waals surface area (Å²) in [6, 6.07) is 7.46. The lowest BCUT2D eigenvalue weighted by Crippen LogP contribution is -1.96. The molecule has 0 unspecified atom stereocenters. The molecular formula is C12H7Cl2F2N3S. The van der Waals surface area contributed by atoms with E-state index in [9.17, 15) is 8.78 Å². The van der Waals surface area contributed by atoms with Gasteiger partial charge in [-0.15, -0.1) is 11.6 Å². The minimum absolute atomic E-state index is 0.0781. The van der Waals surface area contributed by atoms with Gasteiger partial charge < -0.3 is 0 Å². The van der Waals surface area contributed by atoms with Crippen LogP contribution in [0.5, 0.6) is 0 Å². The molecular weight excluding hydrogens is 327 g/mol. The first kappa shape index (κ1) is 13.7. The molecule has 0 aliphatic rings. The molecule has 0 amide bonds. The van der Waals surface area contributed by atoms with Crippen molar-refractivity contribution in [3.8, 4) is 5.13 Å². The minimum atomic E-state index is -2.73. The van der Waals surface area contributed by atoms with E-state index in [0.717, 1.165) is 10.2 Å². The zero-order valence-electron chi connectivity index (χ0n) is 9.86. The smallest absolute Gasteiger partial charge is 0.218 e. The van der Waals surface area contributed by atoms with Crippen LogP contribution < -0.4 is 0 Å². The Morgan fingerprint density at radius 2 is 2.05 bits per heavy atom. The summed E-state index contributed by atoms with van der Waals surface area (Å²) in [7, 11) is 0. The lowest BCUT2D eigenvalue weighted by Gasteiger charge is -1.96. The average molecular weight is 334 g/mol. The van der Waals surface area contributed by atoms with Crippen LogP contribution in [-0.2, 0) is 5.88 Å². The summed E-state index contributed by atoms with van der Waals surface area (Å²) in [6.07, 6.45) is -2.73. The van der Waals surface area contributed by atoms with Gasteiger partial charge in [0.15, 0.2) is 0 Å². The molecule has 0 aliphatic heterocycles. The highest BCUT2D eigenvalue weighted by Crippen LogP contribution is 2.33. The number of rotatable bonds is 3. The van der Waals surface area contributed by atoms with Crippen LogP contribution in [0.2, 0.25) is 5.15 Å². The SMILES string of the molecule is FC(F)c1nn(-c2nc3ccccc3s2)c(Cl)c1CCl. The molecule has 0 saturated carbocycles. The standard InChI is InChI=1S/C12H7Cl2F2N3S/c13-5-6-9(11(15)16)18-19(10(6)14)12-17-7-3-1-2-4-8(7)20-12/h1-4,11H,5H2. The van der Waals surface area contributed by atoms with Gasteiger partial charge in [0.1, 0.15) is 10.8 Å². The Kier molecular flexibility index (Phi) is 3.62. The topological polar surface area (TPSA) is 30.7 Å². The fourth-order valence-electron chi connectivity index (χ4n) is 1.82. The summed E-state index contributed by atoms with van der Waals surface area (Å²) in [5.41, 5.74) is 0.511. The molecule has 0 aliphatic carbocycles. The third kappa shape index (κ3) is 2.17. The van der Waals surface area contributed by atoms with Crippen molar-refractivity contribution in [2.75, 3.05) is 0 Å². The first-order valence-corrected chi connectivity index (χ1v) is 7.32. The van der Waals surface area contributed by atoms with Gasteiger partial charge in [-0.3, -0.25) is 0 Å². The Morgan fingerprint density at radius 1 is 1.30 bits per heavy atom. The number of nitrogens with zero attached hydrogens (tertiary/aromatic N) is 3. The molecule has 104 valence electrons. The van der Waals surface area contributed by atoms with Gasteiger partial charge in [-0.25, -0.2) is 13.8 Å². The highest BCUT2D eigenvalue weighted by atomic mass is 35.5. The third-order valence-corrected chi connectivity index (χ3v) is 4.42. The molecule has 2 aromatic heterocycles. The van der Waals surface area contributed by atoms with Crippen molar-refractivity contribution in [2.45, 2.75) is 12.3 Å². The number of fused-ring (bicyclic) bond motifs is 1. The zero-order valence-corrected chi connectivity index (χ0v) is 12.2. The maximum absolute atomic E-state index is 12.9. The second kappa shape index (κ2) is 5.27. The van der Waals surface area contributed by atoms with E-state index in [2.05, 4.69) is 10.1 Å². The second-order valence-electron chi connectivity index (χ2n) is 3.96. The fraction of sp³-hybridized carbons (Fsp3) is 0.167. The van der Waals surface area contributed by atoms with Gasteiger partial charge in [0.05, 0.1) is 16.1 Å². The Morgan fingerprint density at radius 3 is 2.65 bits per heavy atom. The highest BCUT2D eigenvalue weighted by molar-refractivity contribution is 7.20. The molecule has 0 fully saturated rings. The molecule has 0 atom stereocenters. The number of alkyl halides is 3. The van der Waals surface area contributed by atoms with Gasteiger partial charge in [-0.2, -0.15) is 9.78 Å². The normalized spacial score (nSPS) is 11.7. The van der Waals surface area contributed by atoms with E-state index < -0.39 is 12.1 Å². The van der Waals surface area contributed by atoms with Gasteiger partial charge in [-0.05, 0) is 12.1 Å². The van der Waals surface area contributed by atoms with Crippen molar-refractivity contribution in [2.24, 2.45) is 0 Å². The van der Waals surface area contributed by atoms with Crippen molar-refractivity contribution < 1.29 is 8.78 Å². The maximum Gasteiger partial charge on any atom is 0.282 e. The number of para-hydroxylation sites is 1. The number of benzene rings is 1. The van der Waals surface area contributed by atoms with Crippen LogP contribution in [-0.4, -0.2) is 14.8 Å². The molecule has 0 N–H and O–H groups in total. The average Bonchev–Trinajstić information content (AvgIpc) is 2.98. The largest absolute Gasteiger partial charge is 0.282 e. The predicted octanol–water partition coefficient (Wildman–Crippen LogP) is 4.81. The van der Waals surface area contributed by atoms with Gasteiger partial charge in [0, 0.05) is 5.56 Å². The van der Waals surface area contributed by atoms with Crippen LogP contribution in [0.1, 0.15) is 17.7 Å². The summed E-state index contributed by atoms with van der Waals surface area (Å²) in [5.74, 6) is -0.122. The molecule has 1 aromatic carbocycles. The van der Waals surface area contributed by atoms with Crippen LogP contribution in [0.4, 0.5) is 8.78 Å². The Labute approximate surface area is 126 Å². The molecule has 0 radical (unpaired) electrons. The fourth-order valence-corrected chi connectivity index (χ4v) is 3.41. The highest BCUT2D eigenvalue weighted by Gasteiger charge is 2.24. The quantitative estimate of drug-likeness (QED) is 0.644. The summed E-state index contributed by atoms with van der Waals surface area (Å²) >= 11 is 13.1. The first-order valence-electron chi connectivity index (χ1n) is 5.59. The summed E-state index contributed by atoms with van der Waals surface area (Å²) in [6.45, 7) is 0. The predicted molar refractivity (Wildman–Crippen MR) is 76.3 cm³/mol. The first-order chi connectivity index (χ1) is 9.61. The molecule has 0 saturated heterocycles. The minimum Gasteiger partial charge on any atom is -0.218 e. The number of aromatic nitrogens is 3. The summed E-state index contributed by atoms with van der Waals surface area (Å²) in [5, 5.41) is 4.36. The molecule has 20 heavy (non-hydrogen) atoms. The van der Waals surface area contributed by atoms with Gasteiger partial charge in [0.2, 0.25) is 5.13 Å². The van der Waals surface area contributed by atoms with Crippen LogP contribution in [0, 0.1) is 0 Å². The molecule has 8 heteroatoms. The van der Waals surface area contributed by atoms with Crippen molar-refractivity contribution in [1.82, 2.24) is 14.8 Å². The van der Waals surface area contributed by atoms with Gasteiger partial charge in [-0.1, -0.05) is 35.1 Å². The van der Waals surface area contributed by atoms with Gasteiger partial charge in [0.25, 0.3) is 6.43 Å². The molecule has 3 nitrogen and oxygen atoms in total. The second-order valence-corrected chi connectivity index (χ2v) is 5.60. The Hall–Kier alpha value is -1.24. The monoisotopic (exact) mass is 333 g/mol. The Balaban J connectivity index is 2.18. The summed E-state index contributed by atoms with van der Waals surface area (Å²) in [4.78, 5) is 4.34. The van der Waals surface area contributed by atoms with Gasteiger partial charge >= 0.3 is 0 Å². The van der Waals surface area contributed by atoms with E-state index in [4.69, 9.17) is 23.2 Å². The third-order valence-electron chi connectivity index (χ3n) is 2.76. The molecule has 3 rings (SSSR count). The van der Waals surface area contributed by atoms with Crippen LogP contribution >= 0.6 is 34.5 Å². The van der Waals surface area contributed by atoms with Crippen molar-refractivity contribution in [1.29, 1.82) is 0 Å². The molecule has 2 heterocycles. The van der Waals surface area contributed by atoms with Crippen LogP contribution in [0.15, 0.2) is 24.3 Å². The Bertz CT molecular complexity index is 736. The maximum atomic E-state index is 12.9. The van der Waals surface area contributed by atoms with Crippen LogP contribution in [0.25, 0.3) is 15.3 Å². The van der Waals surface area contributed by atoms with Crippen molar-refractivity contribution in [3.05, 3.63) is 40.7 Å². The van der Waals surface area contributed by atoms with E-state index >= 15 is 0 Å². The van der Waals surface area contributed by atoms with E-state index in [0.29, 0.717) is 5.13 Å². The number of thiazole rings is 1. The van der Waals surface area contributed by atoms with Crippen LogP contribution in [0.3, 0.4) is 0 Å². The number of halogens is 4. The summed E-state index contributed by atoms with van der Waals surface area (Å²) < 4.78 is 28.0. The van der Waals surface area contributed by atoms with E-state index in [1.807, 2.05) is 24.3 Å². The lowest BCUT2D eigenvalue weighted by atomic mass is 10.3. The van der Waals surface area contributed by atoms with E-state index in [1.54, 1.807) is 0 Å². The van der Waals surface area contributed by atoms with Crippen molar-refractivity contribution >= 4 is 44.8 Å². The zero-order chi connectivity index (χ0) is 14.3. The molecule has 3 aromatic rings. The number of hydrogen-bond donors (Lipinski definition) is 0. The molecule has 0 spiro atoms. The number of hydrogen-bond acceptors (Lipinski definition) is 3. The van der Waals surface area contributed by atoms with E-state index in [1.165, 1.54) is 16.0 Å². The molecule has 0 bridgehead atoms. The van der Waals surface area contributed by atoms with E-state index in [-0.39, 0.29) is 16.6 Å².